The molecule has 0 unspecified atom stereocenters. The van der Waals surface area contributed by atoms with Crippen LogP contribution in [0, 0.1) is 11.6 Å². The van der Waals surface area contributed by atoms with Crippen molar-refractivity contribution in [1.29, 1.82) is 0 Å². The molecule has 0 spiro atoms. The maximum Gasteiger partial charge on any atom is 0.316 e. The Balaban J connectivity index is 1.54. The molecule has 0 bridgehead atoms. The van der Waals surface area contributed by atoms with E-state index in [0.717, 1.165) is 17.8 Å². The van der Waals surface area contributed by atoms with Crippen LogP contribution in [0.2, 0.25) is 0 Å². The number of halogens is 2. The van der Waals surface area contributed by atoms with Gasteiger partial charge < -0.3 is 9.15 Å². The second-order valence-corrected chi connectivity index (χ2v) is 5.54. The monoisotopic (exact) mass is 335 g/mol. The zero-order valence-electron chi connectivity index (χ0n) is 11.8. The van der Waals surface area contributed by atoms with Gasteiger partial charge in [0.05, 0.1) is 0 Å². The number of para-hydroxylation sites is 2. The molecule has 0 saturated heterocycles. The van der Waals surface area contributed by atoms with Crippen LogP contribution in [-0.2, 0) is 16.1 Å². The van der Waals surface area contributed by atoms with E-state index in [9.17, 15) is 13.6 Å². The third-order valence-electron chi connectivity index (χ3n) is 3.01. The molecule has 0 radical (unpaired) electrons. The number of carbonyl (C=O) groups is 1. The number of nitrogens with zero attached hydrogens (tertiary/aromatic N) is 1. The van der Waals surface area contributed by atoms with Crippen molar-refractivity contribution in [2.24, 2.45) is 0 Å². The Labute approximate surface area is 134 Å². The largest absolute Gasteiger partial charge is 0.460 e. The SMILES string of the molecule is O=C(CSc1nc2ccccc2o1)OCc1cccc(F)c1F. The molecule has 0 aliphatic carbocycles. The van der Waals surface area contributed by atoms with E-state index in [0.29, 0.717) is 16.3 Å². The highest BCUT2D eigenvalue weighted by atomic mass is 32.2. The Kier molecular flexibility index (Phi) is 4.57. The van der Waals surface area contributed by atoms with Crippen molar-refractivity contribution in [1.82, 2.24) is 4.98 Å². The van der Waals surface area contributed by atoms with Crippen molar-refractivity contribution in [3.8, 4) is 0 Å². The second-order valence-electron chi connectivity index (χ2n) is 4.61. The summed E-state index contributed by atoms with van der Waals surface area (Å²) in [5.74, 6) is -2.59. The second kappa shape index (κ2) is 6.78. The number of carbonyl (C=O) groups excluding carboxylic acids is 1. The molecule has 0 aliphatic rings. The summed E-state index contributed by atoms with van der Waals surface area (Å²) in [5.41, 5.74) is 1.32. The van der Waals surface area contributed by atoms with Crippen molar-refractivity contribution < 1.29 is 22.7 Å². The minimum atomic E-state index is -1.01. The average molecular weight is 335 g/mol. The van der Waals surface area contributed by atoms with Crippen LogP contribution in [0.25, 0.3) is 11.1 Å². The topological polar surface area (TPSA) is 52.3 Å². The lowest BCUT2D eigenvalue weighted by Gasteiger charge is -2.05. The van der Waals surface area contributed by atoms with Gasteiger partial charge in [-0.2, -0.15) is 0 Å². The number of hydrogen-bond acceptors (Lipinski definition) is 5. The van der Waals surface area contributed by atoms with Crippen molar-refractivity contribution >= 4 is 28.8 Å². The molecule has 3 aromatic rings. The zero-order valence-corrected chi connectivity index (χ0v) is 12.6. The number of ether oxygens (including phenoxy) is 1. The number of esters is 1. The van der Waals surface area contributed by atoms with Gasteiger partial charge in [-0.3, -0.25) is 4.79 Å². The standard InChI is InChI=1S/C16H11F2NO3S/c17-11-5-3-4-10(15(11)18)8-21-14(20)9-23-16-19-12-6-1-2-7-13(12)22-16/h1-7H,8-9H2. The van der Waals surface area contributed by atoms with E-state index < -0.39 is 17.6 Å². The predicted molar refractivity (Wildman–Crippen MR) is 80.9 cm³/mol. The third kappa shape index (κ3) is 3.68. The molecule has 0 N–H and O–H groups in total. The highest BCUT2D eigenvalue weighted by molar-refractivity contribution is 7.99. The minimum absolute atomic E-state index is 0.00906. The Morgan fingerprint density at radius 2 is 2.00 bits per heavy atom. The predicted octanol–water partition coefficient (Wildman–Crippen LogP) is 3.94. The number of benzene rings is 2. The van der Waals surface area contributed by atoms with Gasteiger partial charge in [-0.1, -0.05) is 36.0 Å². The van der Waals surface area contributed by atoms with Gasteiger partial charge in [-0.25, -0.2) is 13.8 Å². The smallest absolute Gasteiger partial charge is 0.316 e. The molecule has 3 rings (SSSR count). The van der Waals surface area contributed by atoms with Gasteiger partial charge in [0.2, 0.25) is 0 Å². The molecule has 1 aromatic heterocycles. The maximum absolute atomic E-state index is 13.4. The molecule has 0 saturated carbocycles. The first kappa shape index (κ1) is 15.5. The van der Waals surface area contributed by atoms with Gasteiger partial charge in [0, 0.05) is 5.56 Å². The van der Waals surface area contributed by atoms with Crippen LogP contribution in [0.4, 0.5) is 8.78 Å². The van der Waals surface area contributed by atoms with Crippen LogP contribution >= 0.6 is 11.8 Å². The molecule has 0 atom stereocenters. The van der Waals surface area contributed by atoms with E-state index in [1.54, 1.807) is 12.1 Å². The lowest BCUT2D eigenvalue weighted by molar-refractivity contribution is -0.141. The summed E-state index contributed by atoms with van der Waals surface area (Å²) in [6.07, 6.45) is 0. The maximum atomic E-state index is 13.4. The third-order valence-corrected chi connectivity index (χ3v) is 3.81. The molecular formula is C16H11F2NO3S. The van der Waals surface area contributed by atoms with Crippen LogP contribution in [0.3, 0.4) is 0 Å². The fraction of sp³-hybridized carbons (Fsp3) is 0.125. The van der Waals surface area contributed by atoms with E-state index in [1.165, 1.54) is 12.1 Å². The molecule has 0 aliphatic heterocycles. The summed E-state index contributed by atoms with van der Waals surface area (Å²) >= 11 is 1.08. The molecular weight excluding hydrogens is 324 g/mol. The van der Waals surface area contributed by atoms with Gasteiger partial charge >= 0.3 is 5.97 Å². The Bertz CT molecular complexity index is 817. The molecule has 118 valence electrons. The number of rotatable bonds is 5. The number of aromatic nitrogens is 1. The van der Waals surface area contributed by atoms with Gasteiger partial charge in [-0.05, 0) is 18.2 Å². The van der Waals surface area contributed by atoms with Crippen LogP contribution in [0.1, 0.15) is 5.56 Å². The quantitative estimate of drug-likeness (QED) is 0.522. The van der Waals surface area contributed by atoms with Crippen molar-refractivity contribution in [2.45, 2.75) is 11.8 Å². The molecule has 1 heterocycles. The molecule has 2 aromatic carbocycles. The van der Waals surface area contributed by atoms with Crippen molar-refractivity contribution in [2.75, 3.05) is 5.75 Å². The summed E-state index contributed by atoms with van der Waals surface area (Å²) in [6, 6.07) is 11.0. The first-order chi connectivity index (χ1) is 11.1. The van der Waals surface area contributed by atoms with E-state index in [1.807, 2.05) is 12.1 Å². The lowest BCUT2D eigenvalue weighted by Crippen LogP contribution is -2.08. The van der Waals surface area contributed by atoms with Crippen molar-refractivity contribution in [3.63, 3.8) is 0 Å². The summed E-state index contributed by atoms with van der Waals surface area (Å²) in [4.78, 5) is 15.9. The summed E-state index contributed by atoms with van der Waals surface area (Å²) in [7, 11) is 0. The number of fused-ring (bicyclic) bond motifs is 1. The van der Waals surface area contributed by atoms with Crippen LogP contribution in [0.15, 0.2) is 52.1 Å². The number of oxazole rings is 1. The highest BCUT2D eigenvalue weighted by Gasteiger charge is 2.12. The van der Waals surface area contributed by atoms with Gasteiger partial charge in [-0.15, -0.1) is 0 Å². The van der Waals surface area contributed by atoms with Gasteiger partial charge in [0.1, 0.15) is 17.9 Å². The van der Waals surface area contributed by atoms with E-state index in [4.69, 9.17) is 9.15 Å². The molecule has 0 fully saturated rings. The van der Waals surface area contributed by atoms with Crippen LogP contribution in [-0.4, -0.2) is 16.7 Å². The molecule has 23 heavy (non-hydrogen) atoms. The fourth-order valence-corrected chi connectivity index (χ4v) is 2.53. The Hall–Kier alpha value is -2.41. The first-order valence-electron chi connectivity index (χ1n) is 6.70. The Morgan fingerprint density at radius 3 is 2.83 bits per heavy atom. The summed E-state index contributed by atoms with van der Waals surface area (Å²) < 4.78 is 36.8. The Morgan fingerprint density at radius 1 is 1.17 bits per heavy atom. The normalized spacial score (nSPS) is 10.9. The van der Waals surface area contributed by atoms with Gasteiger partial charge in [0.15, 0.2) is 17.2 Å². The van der Waals surface area contributed by atoms with E-state index in [-0.39, 0.29) is 17.9 Å². The van der Waals surface area contributed by atoms with E-state index in [2.05, 4.69) is 4.98 Å². The van der Waals surface area contributed by atoms with Crippen LogP contribution < -0.4 is 0 Å². The van der Waals surface area contributed by atoms with E-state index >= 15 is 0 Å². The van der Waals surface area contributed by atoms with Crippen molar-refractivity contribution in [3.05, 3.63) is 59.7 Å². The van der Waals surface area contributed by atoms with Gasteiger partial charge in [0.25, 0.3) is 5.22 Å². The molecule has 4 nitrogen and oxygen atoms in total. The summed E-state index contributed by atoms with van der Waals surface area (Å²) in [6.45, 7) is -0.323. The highest BCUT2D eigenvalue weighted by Crippen LogP contribution is 2.23. The fourth-order valence-electron chi connectivity index (χ4n) is 1.89. The molecule has 7 heteroatoms. The zero-order chi connectivity index (χ0) is 16.2. The number of hydrogen-bond donors (Lipinski definition) is 0. The average Bonchev–Trinajstić information content (AvgIpc) is 2.97. The molecule has 0 amide bonds. The lowest BCUT2D eigenvalue weighted by atomic mass is 10.2. The first-order valence-corrected chi connectivity index (χ1v) is 7.69. The van der Waals surface area contributed by atoms with Crippen LogP contribution in [0.5, 0.6) is 0 Å². The number of thioether (sulfide) groups is 1. The summed E-state index contributed by atoms with van der Waals surface area (Å²) in [5, 5.41) is 0.347. The minimum Gasteiger partial charge on any atom is -0.460 e.